The molecule has 4 nitrogen and oxygen atoms in total. The van der Waals surface area contributed by atoms with Crippen LogP contribution in [0.2, 0.25) is 0 Å². The van der Waals surface area contributed by atoms with E-state index in [-0.39, 0.29) is 17.6 Å². The van der Waals surface area contributed by atoms with E-state index >= 15 is 0 Å². The van der Waals surface area contributed by atoms with E-state index in [1.165, 1.54) is 6.07 Å². The van der Waals surface area contributed by atoms with Gasteiger partial charge in [0.05, 0.1) is 6.10 Å². The maximum Gasteiger partial charge on any atom is 0.157 e. The third kappa shape index (κ3) is 4.31. The minimum atomic E-state index is -0.109. The number of nitrogens with one attached hydrogen (secondary N) is 1. The molecule has 2 rings (SSSR count). The summed E-state index contributed by atoms with van der Waals surface area (Å²) in [5.74, 6) is 0.619. The fourth-order valence-electron chi connectivity index (χ4n) is 1.88. The Morgan fingerprint density at radius 2 is 1.90 bits per heavy atom. The predicted octanol–water partition coefficient (Wildman–Crippen LogP) is 3.89. The zero-order chi connectivity index (χ0) is 15.2. The molecule has 0 saturated heterocycles. The molecular weight excluding hydrogens is 266 g/mol. The topological polar surface area (TPSA) is 61.7 Å². The van der Waals surface area contributed by atoms with Crippen LogP contribution in [-0.4, -0.2) is 16.3 Å². The van der Waals surface area contributed by atoms with Gasteiger partial charge in [-0.1, -0.05) is 19.1 Å². The summed E-state index contributed by atoms with van der Waals surface area (Å²) in [7, 11) is 0. The normalized spacial score (nSPS) is 11.9. The molecule has 0 amide bonds. The summed E-state index contributed by atoms with van der Waals surface area (Å²) in [6.45, 7) is 4.68. The van der Waals surface area contributed by atoms with Gasteiger partial charge in [-0.2, -0.15) is 0 Å². The summed E-state index contributed by atoms with van der Waals surface area (Å²) >= 11 is 0. The van der Waals surface area contributed by atoms with Gasteiger partial charge in [0.2, 0.25) is 0 Å². The number of benzene rings is 2. The fraction of sp³-hybridized carbons (Fsp3) is 0.294. The van der Waals surface area contributed by atoms with E-state index in [1.54, 1.807) is 12.1 Å². The number of hydrogen-bond acceptors (Lipinski definition) is 4. The Morgan fingerprint density at radius 1 is 1.10 bits per heavy atom. The van der Waals surface area contributed by atoms with Gasteiger partial charge < -0.3 is 20.3 Å². The average Bonchev–Trinajstić information content (AvgIpc) is 2.49. The van der Waals surface area contributed by atoms with Gasteiger partial charge in [-0.05, 0) is 43.2 Å². The second-order valence-corrected chi connectivity index (χ2v) is 5.04. The van der Waals surface area contributed by atoms with Gasteiger partial charge in [-0.25, -0.2) is 0 Å². The smallest absolute Gasteiger partial charge is 0.157 e. The van der Waals surface area contributed by atoms with Gasteiger partial charge >= 0.3 is 0 Å². The van der Waals surface area contributed by atoms with Crippen LogP contribution in [0, 0.1) is 0 Å². The van der Waals surface area contributed by atoms with E-state index < -0.39 is 0 Å². The molecule has 0 aliphatic heterocycles. The molecule has 0 aliphatic carbocycles. The lowest BCUT2D eigenvalue weighted by atomic mass is 10.2. The number of rotatable bonds is 6. The monoisotopic (exact) mass is 287 g/mol. The van der Waals surface area contributed by atoms with E-state index in [1.807, 2.05) is 31.2 Å². The molecule has 0 aromatic heterocycles. The van der Waals surface area contributed by atoms with Gasteiger partial charge in [0, 0.05) is 18.3 Å². The highest BCUT2D eigenvalue weighted by Crippen LogP contribution is 2.25. The second kappa shape index (κ2) is 6.88. The van der Waals surface area contributed by atoms with Crippen molar-refractivity contribution in [2.45, 2.75) is 32.9 Å². The molecule has 1 atom stereocenters. The Bertz CT molecular complexity index is 598. The van der Waals surface area contributed by atoms with E-state index in [9.17, 15) is 10.2 Å². The first-order chi connectivity index (χ1) is 10.1. The molecule has 2 aromatic rings. The number of hydrogen-bond donors (Lipinski definition) is 3. The summed E-state index contributed by atoms with van der Waals surface area (Å²) in [5.41, 5.74) is 1.84. The molecule has 3 N–H and O–H groups in total. The quantitative estimate of drug-likeness (QED) is 0.705. The molecular formula is C17H21NO3. The number of anilines is 1. The molecule has 2 aromatic carbocycles. The van der Waals surface area contributed by atoms with Gasteiger partial charge in [0.25, 0.3) is 0 Å². The Labute approximate surface area is 125 Å². The van der Waals surface area contributed by atoms with E-state index in [4.69, 9.17) is 4.74 Å². The maximum atomic E-state index is 9.47. The minimum absolute atomic E-state index is 0.108. The Balaban J connectivity index is 1.99. The van der Waals surface area contributed by atoms with Crippen LogP contribution < -0.4 is 10.1 Å². The third-order valence-electron chi connectivity index (χ3n) is 3.28. The second-order valence-electron chi connectivity index (χ2n) is 5.04. The lowest BCUT2D eigenvalue weighted by Crippen LogP contribution is -2.09. The fourth-order valence-corrected chi connectivity index (χ4v) is 1.88. The van der Waals surface area contributed by atoms with Crippen LogP contribution in [0.5, 0.6) is 17.2 Å². The summed E-state index contributed by atoms with van der Waals surface area (Å²) in [6, 6.07) is 12.6. The van der Waals surface area contributed by atoms with Crippen LogP contribution >= 0.6 is 0 Å². The van der Waals surface area contributed by atoms with Crippen molar-refractivity contribution >= 4 is 5.69 Å². The number of phenolic OH excluding ortho intramolecular Hbond substituents is 2. The van der Waals surface area contributed by atoms with Crippen molar-refractivity contribution in [2.24, 2.45) is 0 Å². The van der Waals surface area contributed by atoms with Crippen molar-refractivity contribution in [3.63, 3.8) is 0 Å². The van der Waals surface area contributed by atoms with Crippen molar-refractivity contribution in [3.05, 3.63) is 48.0 Å². The third-order valence-corrected chi connectivity index (χ3v) is 3.28. The van der Waals surface area contributed by atoms with Gasteiger partial charge in [0.15, 0.2) is 11.5 Å². The first-order valence-corrected chi connectivity index (χ1v) is 7.10. The summed E-state index contributed by atoms with van der Waals surface area (Å²) < 4.78 is 5.78. The van der Waals surface area contributed by atoms with Crippen LogP contribution in [0.4, 0.5) is 5.69 Å². The summed E-state index contributed by atoms with van der Waals surface area (Å²) in [4.78, 5) is 0. The largest absolute Gasteiger partial charge is 0.504 e. The molecule has 0 saturated carbocycles. The van der Waals surface area contributed by atoms with Crippen LogP contribution in [-0.2, 0) is 6.54 Å². The summed E-state index contributed by atoms with van der Waals surface area (Å²) in [5, 5.41) is 22.0. The van der Waals surface area contributed by atoms with Gasteiger partial charge in [-0.15, -0.1) is 0 Å². The van der Waals surface area contributed by atoms with Crippen LogP contribution in [0.1, 0.15) is 25.8 Å². The molecule has 112 valence electrons. The molecule has 21 heavy (non-hydrogen) atoms. The number of phenols is 2. The van der Waals surface area contributed by atoms with Crippen molar-refractivity contribution in [3.8, 4) is 17.2 Å². The minimum Gasteiger partial charge on any atom is -0.504 e. The molecule has 0 spiro atoms. The van der Waals surface area contributed by atoms with Crippen LogP contribution in [0.25, 0.3) is 0 Å². The van der Waals surface area contributed by atoms with Crippen molar-refractivity contribution in [1.29, 1.82) is 0 Å². The molecule has 0 heterocycles. The maximum absolute atomic E-state index is 9.47. The van der Waals surface area contributed by atoms with Gasteiger partial charge in [-0.3, -0.25) is 0 Å². The lowest BCUT2D eigenvalue weighted by molar-refractivity contribution is 0.217. The highest BCUT2D eigenvalue weighted by molar-refractivity contribution is 5.49. The van der Waals surface area contributed by atoms with Crippen LogP contribution in [0.3, 0.4) is 0 Å². The molecule has 4 heteroatoms. The Kier molecular flexibility index (Phi) is 4.93. The average molecular weight is 287 g/mol. The first kappa shape index (κ1) is 15.0. The van der Waals surface area contributed by atoms with E-state index in [0.29, 0.717) is 6.54 Å². The van der Waals surface area contributed by atoms with E-state index in [2.05, 4.69) is 12.2 Å². The SMILES string of the molecule is CCC(C)Oc1cccc(NCc2ccc(O)c(O)c2)c1. The van der Waals surface area contributed by atoms with Crippen molar-refractivity contribution < 1.29 is 14.9 Å². The van der Waals surface area contributed by atoms with E-state index in [0.717, 1.165) is 23.4 Å². The number of ether oxygens (including phenoxy) is 1. The first-order valence-electron chi connectivity index (χ1n) is 7.10. The Morgan fingerprint density at radius 3 is 2.62 bits per heavy atom. The summed E-state index contributed by atoms with van der Waals surface area (Å²) in [6.07, 6.45) is 1.15. The molecule has 0 bridgehead atoms. The molecule has 0 radical (unpaired) electrons. The van der Waals surface area contributed by atoms with Crippen molar-refractivity contribution in [1.82, 2.24) is 0 Å². The number of aromatic hydroxyl groups is 2. The molecule has 0 aliphatic rings. The zero-order valence-corrected chi connectivity index (χ0v) is 12.3. The highest BCUT2D eigenvalue weighted by Gasteiger charge is 2.03. The van der Waals surface area contributed by atoms with Crippen LogP contribution in [0.15, 0.2) is 42.5 Å². The predicted molar refractivity (Wildman–Crippen MR) is 83.9 cm³/mol. The zero-order valence-electron chi connectivity index (χ0n) is 12.3. The molecule has 0 fully saturated rings. The standard InChI is InChI=1S/C17H21NO3/c1-3-12(2)21-15-6-4-5-14(10-15)18-11-13-7-8-16(19)17(20)9-13/h4-10,12,18-20H,3,11H2,1-2H3. The van der Waals surface area contributed by atoms with Gasteiger partial charge in [0.1, 0.15) is 5.75 Å². The highest BCUT2D eigenvalue weighted by atomic mass is 16.5. The Hall–Kier alpha value is -2.36. The lowest BCUT2D eigenvalue weighted by Gasteiger charge is -2.14. The van der Waals surface area contributed by atoms with Crippen molar-refractivity contribution in [2.75, 3.05) is 5.32 Å². The molecule has 1 unspecified atom stereocenters.